The Balaban J connectivity index is 2.20. The van der Waals surface area contributed by atoms with Crippen molar-refractivity contribution in [1.82, 2.24) is 0 Å². The molecule has 8 heteroatoms. The lowest BCUT2D eigenvalue weighted by Crippen LogP contribution is -2.34. The first-order valence-corrected chi connectivity index (χ1v) is 8.42. The molecular weight excluding hydrogens is 307 g/mol. The zero-order valence-corrected chi connectivity index (χ0v) is 12.2. The number of sulfone groups is 1. The molecule has 0 spiro atoms. The fraction of sp³-hybridized carbons (Fsp3) is 0.538. The largest absolute Gasteiger partial charge is 0.573 e. The van der Waals surface area contributed by atoms with Gasteiger partial charge < -0.3 is 10.1 Å². The molecule has 0 heterocycles. The van der Waals surface area contributed by atoms with E-state index in [1.165, 1.54) is 18.2 Å². The SMILES string of the molecule is CS(=O)(=O)C1CCCC1Nc1ccccc1OC(F)(F)F. The maximum atomic E-state index is 12.4. The first-order valence-electron chi connectivity index (χ1n) is 6.47. The number of hydrogen-bond donors (Lipinski definition) is 1. The van der Waals surface area contributed by atoms with Crippen molar-refractivity contribution in [1.29, 1.82) is 0 Å². The van der Waals surface area contributed by atoms with E-state index in [1.807, 2.05) is 0 Å². The number of halogens is 3. The van der Waals surface area contributed by atoms with Gasteiger partial charge in [-0.05, 0) is 31.4 Å². The van der Waals surface area contributed by atoms with Crippen molar-refractivity contribution in [3.63, 3.8) is 0 Å². The van der Waals surface area contributed by atoms with Gasteiger partial charge in [0.15, 0.2) is 15.6 Å². The van der Waals surface area contributed by atoms with Gasteiger partial charge >= 0.3 is 6.36 Å². The molecule has 2 atom stereocenters. The first-order chi connectivity index (χ1) is 9.67. The molecule has 4 nitrogen and oxygen atoms in total. The highest BCUT2D eigenvalue weighted by Crippen LogP contribution is 2.34. The summed E-state index contributed by atoms with van der Waals surface area (Å²) in [6.45, 7) is 0. The number of benzene rings is 1. The standard InChI is InChI=1S/C13H16F3NO3S/c1-21(18,19)12-8-4-6-10(12)17-9-5-2-3-7-11(9)20-13(14,15)16/h2-3,5,7,10,12,17H,4,6,8H2,1H3. The summed E-state index contributed by atoms with van der Waals surface area (Å²) in [5.74, 6) is -0.357. The number of hydrogen-bond acceptors (Lipinski definition) is 4. The van der Waals surface area contributed by atoms with E-state index in [0.29, 0.717) is 12.8 Å². The maximum absolute atomic E-state index is 12.4. The minimum absolute atomic E-state index is 0.148. The van der Waals surface area contributed by atoms with Crippen molar-refractivity contribution >= 4 is 15.5 Å². The Morgan fingerprint density at radius 1 is 1.24 bits per heavy atom. The van der Waals surface area contributed by atoms with Crippen LogP contribution >= 0.6 is 0 Å². The van der Waals surface area contributed by atoms with Crippen LogP contribution in [-0.2, 0) is 9.84 Å². The van der Waals surface area contributed by atoms with Crippen LogP contribution in [0.4, 0.5) is 18.9 Å². The van der Waals surface area contributed by atoms with Crippen LogP contribution in [0.5, 0.6) is 5.75 Å². The molecule has 1 fully saturated rings. The van der Waals surface area contributed by atoms with Gasteiger partial charge in [-0.15, -0.1) is 13.2 Å². The van der Waals surface area contributed by atoms with E-state index >= 15 is 0 Å². The van der Waals surface area contributed by atoms with E-state index in [0.717, 1.165) is 12.7 Å². The molecule has 21 heavy (non-hydrogen) atoms. The molecule has 2 unspecified atom stereocenters. The zero-order chi connectivity index (χ0) is 15.7. The molecule has 1 saturated carbocycles. The van der Waals surface area contributed by atoms with Crippen LogP contribution in [0.3, 0.4) is 0 Å². The number of nitrogens with one attached hydrogen (secondary N) is 1. The Morgan fingerprint density at radius 3 is 2.52 bits per heavy atom. The van der Waals surface area contributed by atoms with Gasteiger partial charge in [0.2, 0.25) is 0 Å². The zero-order valence-electron chi connectivity index (χ0n) is 11.4. The lowest BCUT2D eigenvalue weighted by molar-refractivity contribution is -0.274. The summed E-state index contributed by atoms with van der Waals surface area (Å²) in [5, 5.41) is 2.30. The second-order valence-corrected chi connectivity index (χ2v) is 7.36. The third kappa shape index (κ3) is 4.26. The van der Waals surface area contributed by atoms with Crippen molar-refractivity contribution in [3.8, 4) is 5.75 Å². The Kier molecular flexibility index (Phi) is 4.36. The molecule has 0 amide bonds. The Morgan fingerprint density at radius 2 is 1.90 bits per heavy atom. The monoisotopic (exact) mass is 323 g/mol. The van der Waals surface area contributed by atoms with Gasteiger partial charge in [0.05, 0.1) is 10.9 Å². The number of alkyl halides is 3. The fourth-order valence-corrected chi connectivity index (χ4v) is 4.00. The van der Waals surface area contributed by atoms with Crippen LogP contribution in [0, 0.1) is 0 Å². The summed E-state index contributed by atoms with van der Waals surface area (Å²) in [5.41, 5.74) is 0.148. The number of ether oxygens (including phenoxy) is 1. The quantitative estimate of drug-likeness (QED) is 0.925. The summed E-state index contributed by atoms with van der Waals surface area (Å²) in [4.78, 5) is 0. The van der Waals surface area contributed by atoms with E-state index in [1.54, 1.807) is 6.07 Å². The number of rotatable bonds is 4. The highest BCUT2D eigenvalue weighted by molar-refractivity contribution is 7.91. The van der Waals surface area contributed by atoms with Crippen molar-refractivity contribution in [2.45, 2.75) is 36.9 Å². The van der Waals surface area contributed by atoms with Crippen molar-refractivity contribution in [2.24, 2.45) is 0 Å². The molecule has 0 bridgehead atoms. The molecule has 1 aromatic rings. The normalized spacial score (nSPS) is 23.0. The Hall–Kier alpha value is -1.44. The molecule has 0 saturated heterocycles. The predicted octanol–water partition coefficient (Wildman–Crippen LogP) is 2.96. The molecule has 1 aromatic carbocycles. The summed E-state index contributed by atoms with van der Waals surface area (Å²) < 4.78 is 64.4. The van der Waals surface area contributed by atoms with Gasteiger partial charge in [0.25, 0.3) is 0 Å². The summed E-state index contributed by atoms with van der Waals surface area (Å²) in [6.07, 6.45) is -1.81. The highest BCUT2D eigenvalue weighted by Gasteiger charge is 2.36. The van der Waals surface area contributed by atoms with Crippen molar-refractivity contribution < 1.29 is 26.3 Å². The molecule has 0 aliphatic heterocycles. The van der Waals surface area contributed by atoms with Crippen LogP contribution in [0.1, 0.15) is 19.3 Å². The Bertz CT molecular complexity index is 601. The third-order valence-electron chi connectivity index (χ3n) is 3.46. The average Bonchev–Trinajstić information content (AvgIpc) is 2.77. The first kappa shape index (κ1) is 15.9. The molecule has 0 aromatic heterocycles. The maximum Gasteiger partial charge on any atom is 0.573 e. The third-order valence-corrected chi connectivity index (χ3v) is 5.12. The van der Waals surface area contributed by atoms with Gasteiger partial charge in [0.1, 0.15) is 0 Å². The average molecular weight is 323 g/mol. The van der Waals surface area contributed by atoms with Crippen LogP contribution in [-0.4, -0.2) is 32.3 Å². The summed E-state index contributed by atoms with van der Waals surface area (Å²) in [6, 6.07) is 5.22. The van der Waals surface area contributed by atoms with Gasteiger partial charge in [-0.1, -0.05) is 12.1 Å². The molecule has 2 rings (SSSR count). The van der Waals surface area contributed by atoms with Crippen LogP contribution in [0.15, 0.2) is 24.3 Å². The minimum Gasteiger partial charge on any atom is -0.404 e. The molecule has 0 radical (unpaired) electrons. The molecular formula is C13H16F3NO3S. The molecule has 1 N–H and O–H groups in total. The Labute approximate surface area is 121 Å². The van der Waals surface area contributed by atoms with E-state index in [9.17, 15) is 21.6 Å². The smallest absolute Gasteiger partial charge is 0.404 e. The van der Waals surface area contributed by atoms with Crippen molar-refractivity contribution in [2.75, 3.05) is 11.6 Å². The predicted molar refractivity (Wildman–Crippen MR) is 73.0 cm³/mol. The van der Waals surface area contributed by atoms with E-state index in [4.69, 9.17) is 0 Å². The van der Waals surface area contributed by atoms with Gasteiger partial charge in [-0.3, -0.25) is 0 Å². The number of para-hydroxylation sites is 2. The highest BCUT2D eigenvalue weighted by atomic mass is 32.2. The lowest BCUT2D eigenvalue weighted by Gasteiger charge is -2.22. The van der Waals surface area contributed by atoms with E-state index in [2.05, 4.69) is 10.1 Å². The summed E-state index contributed by atoms with van der Waals surface area (Å²) in [7, 11) is -3.25. The molecule has 1 aliphatic rings. The molecule has 1 aliphatic carbocycles. The van der Waals surface area contributed by atoms with Gasteiger partial charge in [0, 0.05) is 12.3 Å². The van der Waals surface area contributed by atoms with Gasteiger partial charge in [-0.2, -0.15) is 0 Å². The minimum atomic E-state index is -4.79. The van der Waals surface area contributed by atoms with Crippen LogP contribution in [0.2, 0.25) is 0 Å². The van der Waals surface area contributed by atoms with E-state index < -0.39 is 27.5 Å². The summed E-state index contributed by atoms with van der Waals surface area (Å²) >= 11 is 0. The van der Waals surface area contributed by atoms with Crippen LogP contribution in [0.25, 0.3) is 0 Å². The second-order valence-electron chi connectivity index (χ2n) is 5.09. The second kappa shape index (κ2) is 5.75. The number of anilines is 1. The fourth-order valence-electron chi connectivity index (χ4n) is 2.60. The topological polar surface area (TPSA) is 55.4 Å². The van der Waals surface area contributed by atoms with Crippen molar-refractivity contribution in [3.05, 3.63) is 24.3 Å². The van der Waals surface area contributed by atoms with Gasteiger partial charge in [-0.25, -0.2) is 8.42 Å². The van der Waals surface area contributed by atoms with E-state index in [-0.39, 0.29) is 11.4 Å². The van der Waals surface area contributed by atoms with Crippen LogP contribution < -0.4 is 10.1 Å². The lowest BCUT2D eigenvalue weighted by atomic mass is 10.2. The molecule has 118 valence electrons.